The lowest BCUT2D eigenvalue weighted by Crippen LogP contribution is -2.33. The Labute approximate surface area is 182 Å². The number of nitrogens with one attached hydrogen (secondary N) is 1. The number of fused-ring (bicyclic) bond motifs is 1. The number of hydrogen-bond acceptors (Lipinski definition) is 4. The van der Waals surface area contributed by atoms with Gasteiger partial charge in [-0.1, -0.05) is 36.4 Å². The molecule has 1 aliphatic heterocycles. The summed E-state index contributed by atoms with van der Waals surface area (Å²) in [5.41, 5.74) is 4.33. The number of esters is 1. The average Bonchev–Trinajstić information content (AvgIpc) is 3.39. The molecule has 2 aromatic carbocycles. The number of carbonyl (C=O) groups excluding carboxylic acids is 3. The highest BCUT2D eigenvalue weighted by molar-refractivity contribution is 5.96. The average molecular weight is 421 g/mol. The first kappa shape index (κ1) is 21.1. The van der Waals surface area contributed by atoms with Gasteiger partial charge >= 0.3 is 5.97 Å². The molecule has 0 unspecified atom stereocenters. The third-order valence-electron chi connectivity index (χ3n) is 6.27. The number of hydrogen-bond donors (Lipinski definition) is 1. The lowest BCUT2D eigenvalue weighted by Gasteiger charge is -2.25. The predicted molar refractivity (Wildman–Crippen MR) is 117 cm³/mol. The van der Waals surface area contributed by atoms with Crippen LogP contribution in [0.3, 0.4) is 0 Å². The highest BCUT2D eigenvalue weighted by atomic mass is 16.5. The van der Waals surface area contributed by atoms with Gasteiger partial charge in [-0.25, -0.2) is 0 Å². The quantitative estimate of drug-likeness (QED) is 0.724. The van der Waals surface area contributed by atoms with Crippen LogP contribution in [-0.2, 0) is 32.0 Å². The van der Waals surface area contributed by atoms with E-state index in [0.717, 1.165) is 24.8 Å². The predicted octanol–water partition coefficient (Wildman–Crippen LogP) is 3.66. The number of rotatable bonds is 6. The molecule has 1 N–H and O–H groups in total. The van der Waals surface area contributed by atoms with Crippen molar-refractivity contribution < 1.29 is 19.1 Å². The molecule has 0 bridgehead atoms. The van der Waals surface area contributed by atoms with Crippen LogP contribution < -0.4 is 5.32 Å². The van der Waals surface area contributed by atoms with Gasteiger partial charge in [0.15, 0.2) is 6.10 Å². The first-order chi connectivity index (χ1) is 14.9. The van der Waals surface area contributed by atoms with E-state index in [0.29, 0.717) is 12.2 Å². The summed E-state index contributed by atoms with van der Waals surface area (Å²) in [6.45, 7) is 3.81. The van der Waals surface area contributed by atoms with Gasteiger partial charge in [0.25, 0.3) is 5.91 Å². The monoisotopic (exact) mass is 420 g/mol. The number of benzene rings is 2. The Morgan fingerprint density at radius 3 is 2.58 bits per heavy atom. The minimum Gasteiger partial charge on any atom is -0.452 e. The fraction of sp³-hybridized carbons (Fsp3) is 0.400. The maximum Gasteiger partial charge on any atom is 0.312 e. The van der Waals surface area contributed by atoms with Crippen LogP contribution in [0.4, 0.5) is 5.69 Å². The van der Waals surface area contributed by atoms with Crippen LogP contribution in [0.15, 0.2) is 48.5 Å². The van der Waals surface area contributed by atoms with E-state index in [-0.39, 0.29) is 24.3 Å². The second kappa shape index (κ2) is 8.92. The molecular formula is C25H28N2O4. The summed E-state index contributed by atoms with van der Waals surface area (Å²) < 4.78 is 5.41. The topological polar surface area (TPSA) is 75.7 Å². The van der Waals surface area contributed by atoms with Crippen molar-refractivity contribution in [3.63, 3.8) is 0 Å². The van der Waals surface area contributed by atoms with Crippen LogP contribution in [0.1, 0.15) is 49.4 Å². The van der Waals surface area contributed by atoms with Gasteiger partial charge < -0.3 is 15.0 Å². The van der Waals surface area contributed by atoms with E-state index in [1.165, 1.54) is 11.1 Å². The highest BCUT2D eigenvalue weighted by Gasteiger charge is 2.38. The summed E-state index contributed by atoms with van der Waals surface area (Å²) in [6.07, 6.45) is 2.42. The van der Waals surface area contributed by atoms with Gasteiger partial charge in [0, 0.05) is 18.7 Å². The van der Waals surface area contributed by atoms with Crippen LogP contribution in [0.5, 0.6) is 0 Å². The molecule has 1 heterocycles. The molecule has 6 nitrogen and oxygen atoms in total. The molecule has 0 spiro atoms. The van der Waals surface area contributed by atoms with E-state index >= 15 is 0 Å². The summed E-state index contributed by atoms with van der Waals surface area (Å²) in [6, 6.07) is 15.5. The Kier molecular flexibility index (Phi) is 6.07. The lowest BCUT2D eigenvalue weighted by atomic mass is 10.1. The summed E-state index contributed by atoms with van der Waals surface area (Å²) in [4.78, 5) is 39.4. The minimum atomic E-state index is -0.934. The van der Waals surface area contributed by atoms with Crippen LogP contribution >= 0.6 is 0 Å². The van der Waals surface area contributed by atoms with Crippen LogP contribution in [0.2, 0.25) is 0 Å². The van der Waals surface area contributed by atoms with Crippen molar-refractivity contribution in [2.75, 3.05) is 11.9 Å². The molecule has 1 saturated heterocycles. The number of nitrogens with zero attached hydrogens (tertiary/aromatic N) is 1. The molecule has 31 heavy (non-hydrogen) atoms. The second-order valence-corrected chi connectivity index (χ2v) is 8.44. The molecule has 2 aliphatic rings. The van der Waals surface area contributed by atoms with Gasteiger partial charge in [-0.05, 0) is 61.9 Å². The zero-order chi connectivity index (χ0) is 22.0. The van der Waals surface area contributed by atoms with Crippen LogP contribution in [-0.4, -0.2) is 35.3 Å². The van der Waals surface area contributed by atoms with Gasteiger partial charge in [-0.2, -0.15) is 0 Å². The Morgan fingerprint density at radius 2 is 1.81 bits per heavy atom. The maximum atomic E-state index is 12.6. The molecule has 2 amide bonds. The van der Waals surface area contributed by atoms with Gasteiger partial charge in [-0.3, -0.25) is 14.4 Å². The summed E-state index contributed by atoms with van der Waals surface area (Å²) >= 11 is 0. The van der Waals surface area contributed by atoms with Crippen molar-refractivity contribution in [3.8, 4) is 0 Å². The molecule has 1 fully saturated rings. The Morgan fingerprint density at radius 1 is 1.06 bits per heavy atom. The Balaban J connectivity index is 1.32. The Hall–Kier alpha value is -3.15. The molecule has 6 heteroatoms. The lowest BCUT2D eigenvalue weighted by molar-refractivity contribution is -0.157. The van der Waals surface area contributed by atoms with Crippen molar-refractivity contribution in [1.29, 1.82) is 0 Å². The Bertz CT molecular complexity index is 988. The fourth-order valence-corrected chi connectivity index (χ4v) is 4.39. The van der Waals surface area contributed by atoms with Crippen molar-refractivity contribution in [2.45, 2.75) is 51.7 Å². The number of aryl methyl sites for hydroxylation is 2. The summed E-state index contributed by atoms with van der Waals surface area (Å²) in [7, 11) is 0. The van der Waals surface area contributed by atoms with E-state index in [1.54, 1.807) is 11.8 Å². The smallest absolute Gasteiger partial charge is 0.312 e. The maximum absolute atomic E-state index is 12.6. The second-order valence-electron chi connectivity index (χ2n) is 8.44. The third-order valence-corrected chi connectivity index (χ3v) is 6.27. The molecule has 1 aliphatic carbocycles. The molecule has 4 rings (SSSR count). The molecule has 162 valence electrons. The third kappa shape index (κ3) is 4.63. The molecule has 0 radical (unpaired) electrons. The number of carbonyl (C=O) groups is 3. The van der Waals surface area contributed by atoms with E-state index in [9.17, 15) is 14.4 Å². The molecule has 0 saturated carbocycles. The fourth-order valence-electron chi connectivity index (χ4n) is 4.39. The molecular weight excluding hydrogens is 392 g/mol. The molecule has 3 atom stereocenters. The van der Waals surface area contributed by atoms with Gasteiger partial charge in [0.1, 0.15) is 0 Å². The van der Waals surface area contributed by atoms with Crippen LogP contribution in [0, 0.1) is 5.92 Å². The molecule has 2 aromatic rings. The zero-order valence-electron chi connectivity index (χ0n) is 18.0. The summed E-state index contributed by atoms with van der Waals surface area (Å²) in [5.74, 6) is -1.51. The number of anilines is 1. The van der Waals surface area contributed by atoms with Crippen molar-refractivity contribution >= 4 is 23.5 Å². The normalized spacial score (nSPS) is 19.6. The van der Waals surface area contributed by atoms with Crippen molar-refractivity contribution in [1.82, 2.24) is 4.90 Å². The largest absolute Gasteiger partial charge is 0.452 e. The SMILES string of the molecule is C[C@H](OC(=O)[C@H]1CC(=O)N([C@H](C)c2ccccc2)C1)C(=O)Nc1ccc2c(c1)CCC2. The van der Waals surface area contributed by atoms with Crippen LogP contribution in [0.25, 0.3) is 0 Å². The number of amides is 2. The van der Waals surface area contributed by atoms with E-state index < -0.39 is 18.0 Å². The highest BCUT2D eigenvalue weighted by Crippen LogP contribution is 2.29. The minimum absolute atomic E-state index is 0.0754. The van der Waals surface area contributed by atoms with Gasteiger partial charge in [0.2, 0.25) is 5.91 Å². The first-order valence-corrected chi connectivity index (χ1v) is 10.9. The van der Waals surface area contributed by atoms with E-state index in [4.69, 9.17) is 4.74 Å². The zero-order valence-corrected chi connectivity index (χ0v) is 18.0. The number of ether oxygens (including phenoxy) is 1. The number of likely N-dealkylation sites (tertiary alicyclic amines) is 1. The van der Waals surface area contributed by atoms with Gasteiger partial charge in [0.05, 0.1) is 12.0 Å². The van der Waals surface area contributed by atoms with E-state index in [2.05, 4.69) is 5.32 Å². The summed E-state index contributed by atoms with van der Waals surface area (Å²) in [5, 5.41) is 2.83. The molecule has 0 aromatic heterocycles. The van der Waals surface area contributed by atoms with Crippen molar-refractivity contribution in [3.05, 3.63) is 65.2 Å². The standard InChI is InChI=1S/C25H28N2O4/c1-16(18-7-4-3-5-8-18)27-15-21(14-23(27)28)25(30)31-17(2)24(29)26-22-12-11-19-9-6-10-20(19)13-22/h3-5,7-8,11-13,16-17,21H,6,9-10,14-15H2,1-2H3,(H,26,29)/t16-,17+,21+/m1/s1. The van der Waals surface area contributed by atoms with Gasteiger partial charge in [-0.15, -0.1) is 0 Å². The first-order valence-electron chi connectivity index (χ1n) is 10.9. The van der Waals surface area contributed by atoms with E-state index in [1.807, 2.05) is 55.5 Å². The van der Waals surface area contributed by atoms with Crippen molar-refractivity contribution in [2.24, 2.45) is 5.92 Å².